The van der Waals surface area contributed by atoms with Crippen molar-refractivity contribution < 1.29 is 9.32 Å². The molecule has 1 atom stereocenters. The Hall–Kier alpha value is -1.85. The fraction of sp³-hybridized carbons (Fsp3) is 0.545. The molecule has 2 fully saturated rings. The molecule has 2 aliphatic rings. The van der Waals surface area contributed by atoms with E-state index in [1.165, 1.54) is 5.56 Å². The maximum Gasteiger partial charge on any atom is 0.292 e. The van der Waals surface area contributed by atoms with Gasteiger partial charge in [-0.3, -0.25) is 9.69 Å². The number of halogens is 1. The number of hydrogen-bond acceptors (Lipinski definition) is 4. The number of aromatic nitrogens is 1. The number of carbonyl (C=O) groups is 1. The van der Waals surface area contributed by atoms with Gasteiger partial charge < -0.3 is 9.42 Å². The van der Waals surface area contributed by atoms with E-state index in [4.69, 9.17) is 16.1 Å². The quantitative estimate of drug-likeness (QED) is 0.752. The van der Waals surface area contributed by atoms with Crippen LogP contribution in [0.15, 0.2) is 34.9 Å². The summed E-state index contributed by atoms with van der Waals surface area (Å²) in [6.07, 6.45) is 4.33. The van der Waals surface area contributed by atoms with Gasteiger partial charge in [0.25, 0.3) is 5.91 Å². The minimum Gasteiger partial charge on any atom is -0.351 e. The largest absolute Gasteiger partial charge is 0.351 e. The number of piperidine rings is 2. The van der Waals surface area contributed by atoms with E-state index in [1.54, 1.807) is 0 Å². The molecule has 0 bridgehead atoms. The van der Waals surface area contributed by atoms with Gasteiger partial charge in [0.15, 0.2) is 0 Å². The van der Waals surface area contributed by atoms with Crippen molar-refractivity contribution in [3.05, 3.63) is 52.4 Å². The molecule has 4 rings (SSSR count). The zero-order valence-electron chi connectivity index (χ0n) is 16.4. The van der Waals surface area contributed by atoms with E-state index in [9.17, 15) is 4.79 Å². The maximum absolute atomic E-state index is 12.7. The maximum atomic E-state index is 12.7. The molecule has 1 aromatic heterocycles. The lowest BCUT2D eigenvalue weighted by molar-refractivity contribution is 0.0655. The topological polar surface area (TPSA) is 49.6 Å². The molecule has 2 saturated heterocycles. The van der Waals surface area contributed by atoms with Crippen LogP contribution in [0.25, 0.3) is 0 Å². The van der Waals surface area contributed by atoms with Crippen molar-refractivity contribution in [1.29, 1.82) is 0 Å². The monoisotopic (exact) mass is 401 g/mol. The highest BCUT2D eigenvalue weighted by Gasteiger charge is 2.28. The van der Waals surface area contributed by atoms with E-state index in [2.05, 4.69) is 29.1 Å². The molecule has 0 aliphatic carbocycles. The number of rotatable bonds is 4. The van der Waals surface area contributed by atoms with Crippen molar-refractivity contribution in [2.24, 2.45) is 5.92 Å². The SMILES string of the molecule is CC1CCN(C(=O)c2cc([C@H]3CCCN(Cc4ccc(Cl)cc4)C3)no2)CC1. The molecule has 6 heteroatoms. The molecule has 0 unspecified atom stereocenters. The van der Waals surface area contributed by atoms with E-state index < -0.39 is 0 Å². The van der Waals surface area contributed by atoms with Crippen molar-refractivity contribution in [2.45, 2.75) is 45.1 Å². The fourth-order valence-corrected chi connectivity index (χ4v) is 4.36. The molecular formula is C22H28ClN3O2. The van der Waals surface area contributed by atoms with Crippen LogP contribution < -0.4 is 0 Å². The molecule has 0 saturated carbocycles. The lowest BCUT2D eigenvalue weighted by Crippen LogP contribution is -2.37. The summed E-state index contributed by atoms with van der Waals surface area (Å²) in [6, 6.07) is 9.91. The number of benzene rings is 1. The van der Waals surface area contributed by atoms with Crippen LogP contribution in [0.1, 0.15) is 60.3 Å². The third-order valence-corrected chi connectivity index (χ3v) is 6.31. The highest BCUT2D eigenvalue weighted by molar-refractivity contribution is 6.30. The van der Waals surface area contributed by atoms with Gasteiger partial charge in [-0.25, -0.2) is 0 Å². The van der Waals surface area contributed by atoms with Crippen LogP contribution in [-0.2, 0) is 6.54 Å². The average molecular weight is 402 g/mol. The Morgan fingerprint density at radius 1 is 1.18 bits per heavy atom. The second kappa shape index (κ2) is 8.66. The molecule has 3 heterocycles. The minimum absolute atomic E-state index is 0.0144. The number of carbonyl (C=O) groups excluding carboxylic acids is 1. The summed E-state index contributed by atoms with van der Waals surface area (Å²) >= 11 is 5.99. The predicted octanol–water partition coefficient (Wildman–Crippen LogP) is 4.58. The van der Waals surface area contributed by atoms with E-state index in [0.29, 0.717) is 17.6 Å². The van der Waals surface area contributed by atoms with Gasteiger partial charge in [0.05, 0.1) is 5.69 Å². The van der Waals surface area contributed by atoms with E-state index >= 15 is 0 Å². The zero-order valence-corrected chi connectivity index (χ0v) is 17.2. The Kier molecular flexibility index (Phi) is 6.02. The smallest absolute Gasteiger partial charge is 0.292 e. The summed E-state index contributed by atoms with van der Waals surface area (Å²) < 4.78 is 5.45. The zero-order chi connectivity index (χ0) is 19.5. The normalized spacial score (nSPS) is 21.8. The van der Waals surface area contributed by atoms with E-state index in [0.717, 1.165) is 69.1 Å². The third-order valence-electron chi connectivity index (χ3n) is 6.05. The molecule has 150 valence electrons. The lowest BCUT2D eigenvalue weighted by Gasteiger charge is -2.31. The van der Waals surface area contributed by atoms with Crippen LogP contribution in [0, 0.1) is 5.92 Å². The molecule has 2 aliphatic heterocycles. The van der Waals surface area contributed by atoms with Crippen molar-refractivity contribution >= 4 is 17.5 Å². The Balaban J connectivity index is 1.37. The third kappa shape index (κ3) is 4.58. The molecule has 0 radical (unpaired) electrons. The number of likely N-dealkylation sites (tertiary alicyclic amines) is 2. The van der Waals surface area contributed by atoms with Crippen molar-refractivity contribution in [1.82, 2.24) is 15.0 Å². The first-order chi connectivity index (χ1) is 13.6. The van der Waals surface area contributed by atoms with Crippen LogP contribution in [-0.4, -0.2) is 47.0 Å². The molecule has 0 N–H and O–H groups in total. The molecular weight excluding hydrogens is 374 g/mol. The van der Waals surface area contributed by atoms with E-state index in [1.807, 2.05) is 23.1 Å². The van der Waals surface area contributed by atoms with Gasteiger partial charge in [0.1, 0.15) is 0 Å². The van der Waals surface area contributed by atoms with Crippen molar-refractivity contribution in [2.75, 3.05) is 26.2 Å². The number of hydrogen-bond donors (Lipinski definition) is 0. The Bertz CT molecular complexity index is 796. The fourth-order valence-electron chi connectivity index (χ4n) is 4.24. The van der Waals surface area contributed by atoms with E-state index in [-0.39, 0.29) is 5.91 Å². The number of amides is 1. The van der Waals surface area contributed by atoms with Gasteiger partial charge in [-0.15, -0.1) is 0 Å². The molecule has 2 aromatic rings. The Morgan fingerprint density at radius 2 is 1.93 bits per heavy atom. The first kappa shape index (κ1) is 19.5. The van der Waals surface area contributed by atoms with Crippen LogP contribution in [0.3, 0.4) is 0 Å². The van der Waals surface area contributed by atoms with Crippen molar-refractivity contribution in [3.63, 3.8) is 0 Å². The average Bonchev–Trinajstić information content (AvgIpc) is 3.20. The van der Waals surface area contributed by atoms with Crippen LogP contribution in [0.5, 0.6) is 0 Å². The minimum atomic E-state index is -0.0144. The van der Waals surface area contributed by atoms with Gasteiger partial charge in [-0.1, -0.05) is 35.8 Å². The summed E-state index contributed by atoms with van der Waals surface area (Å²) in [6.45, 7) is 6.79. The second-order valence-electron chi connectivity index (χ2n) is 8.29. The van der Waals surface area contributed by atoms with Gasteiger partial charge >= 0.3 is 0 Å². The van der Waals surface area contributed by atoms with Crippen LogP contribution in [0.4, 0.5) is 0 Å². The predicted molar refractivity (Wildman–Crippen MR) is 110 cm³/mol. The Labute approximate surface area is 171 Å². The van der Waals surface area contributed by atoms with Gasteiger partial charge in [0.2, 0.25) is 5.76 Å². The molecule has 1 amide bonds. The summed E-state index contributed by atoms with van der Waals surface area (Å²) in [5, 5.41) is 5.02. The Morgan fingerprint density at radius 3 is 2.68 bits per heavy atom. The summed E-state index contributed by atoms with van der Waals surface area (Å²) in [7, 11) is 0. The first-order valence-corrected chi connectivity index (χ1v) is 10.7. The highest BCUT2D eigenvalue weighted by Crippen LogP contribution is 2.28. The van der Waals surface area contributed by atoms with Gasteiger partial charge in [0, 0.05) is 43.2 Å². The van der Waals surface area contributed by atoms with Gasteiger partial charge in [-0.05, 0) is 55.8 Å². The first-order valence-electron chi connectivity index (χ1n) is 10.3. The molecule has 1 aromatic carbocycles. The number of nitrogens with zero attached hydrogens (tertiary/aromatic N) is 3. The van der Waals surface area contributed by atoms with Crippen molar-refractivity contribution in [3.8, 4) is 0 Å². The summed E-state index contributed by atoms with van der Waals surface area (Å²) in [4.78, 5) is 17.1. The van der Waals surface area contributed by atoms with Crippen LogP contribution in [0.2, 0.25) is 5.02 Å². The summed E-state index contributed by atoms with van der Waals surface area (Å²) in [5.41, 5.74) is 2.18. The summed E-state index contributed by atoms with van der Waals surface area (Å²) in [5.74, 6) is 1.38. The lowest BCUT2D eigenvalue weighted by atomic mass is 9.94. The highest BCUT2D eigenvalue weighted by atomic mass is 35.5. The van der Waals surface area contributed by atoms with Gasteiger partial charge in [-0.2, -0.15) is 0 Å². The second-order valence-corrected chi connectivity index (χ2v) is 8.73. The molecule has 28 heavy (non-hydrogen) atoms. The van der Waals surface area contributed by atoms with Crippen LogP contribution >= 0.6 is 11.6 Å². The molecule has 5 nitrogen and oxygen atoms in total. The standard InChI is InChI=1S/C22H28ClN3O2/c1-16-8-11-26(12-9-16)22(27)21-13-20(24-28-21)18-3-2-10-25(15-18)14-17-4-6-19(23)7-5-17/h4-7,13,16,18H,2-3,8-12,14-15H2,1H3/t18-/m0/s1. The molecule has 0 spiro atoms.